The van der Waals surface area contributed by atoms with E-state index in [9.17, 15) is 4.79 Å². The summed E-state index contributed by atoms with van der Waals surface area (Å²) in [4.78, 5) is 12.0. The lowest BCUT2D eigenvalue weighted by molar-refractivity contribution is -0.118. The normalized spacial score (nSPS) is 15.2. The van der Waals surface area contributed by atoms with Crippen LogP contribution in [-0.4, -0.2) is 22.7 Å². The third-order valence-corrected chi connectivity index (χ3v) is 5.32. The van der Waals surface area contributed by atoms with Gasteiger partial charge in [0.2, 0.25) is 5.13 Å². The van der Waals surface area contributed by atoms with Gasteiger partial charge in [-0.15, -0.1) is 10.2 Å². The predicted molar refractivity (Wildman–Crippen MR) is 95.7 cm³/mol. The molecule has 0 unspecified atom stereocenters. The SMILES string of the molecule is CCc1cccc(OCC(=O)Nc2nnc(C3CCCCC3)s2)c1. The fraction of sp³-hybridized carbons (Fsp3) is 0.500. The van der Waals surface area contributed by atoms with Gasteiger partial charge < -0.3 is 4.74 Å². The van der Waals surface area contributed by atoms with Crippen molar-refractivity contribution in [2.75, 3.05) is 11.9 Å². The molecule has 6 heteroatoms. The lowest BCUT2D eigenvalue weighted by Gasteiger charge is -2.18. The second-order valence-electron chi connectivity index (χ2n) is 6.12. The Balaban J connectivity index is 1.50. The van der Waals surface area contributed by atoms with E-state index in [0.29, 0.717) is 16.8 Å². The second kappa shape index (κ2) is 8.24. The van der Waals surface area contributed by atoms with Crippen LogP contribution in [0.4, 0.5) is 5.13 Å². The number of aryl methyl sites for hydroxylation is 1. The lowest BCUT2D eigenvalue weighted by Crippen LogP contribution is -2.20. The van der Waals surface area contributed by atoms with Crippen molar-refractivity contribution in [1.82, 2.24) is 10.2 Å². The molecule has 1 aromatic heterocycles. The third kappa shape index (κ3) is 4.54. The molecule has 0 saturated heterocycles. The number of carbonyl (C=O) groups is 1. The average molecular weight is 345 g/mol. The van der Waals surface area contributed by atoms with E-state index in [4.69, 9.17) is 4.74 Å². The summed E-state index contributed by atoms with van der Waals surface area (Å²) in [6.45, 7) is 2.07. The lowest BCUT2D eigenvalue weighted by atomic mass is 9.90. The van der Waals surface area contributed by atoms with Gasteiger partial charge in [-0.3, -0.25) is 10.1 Å². The number of anilines is 1. The minimum Gasteiger partial charge on any atom is -0.484 e. The molecule has 3 rings (SSSR count). The number of benzene rings is 1. The minimum absolute atomic E-state index is 0.0223. The summed E-state index contributed by atoms with van der Waals surface area (Å²) in [5, 5.41) is 12.7. The first-order valence-electron chi connectivity index (χ1n) is 8.59. The number of nitrogens with one attached hydrogen (secondary N) is 1. The van der Waals surface area contributed by atoms with Crippen molar-refractivity contribution in [3.8, 4) is 5.75 Å². The fourth-order valence-electron chi connectivity index (χ4n) is 2.96. The van der Waals surface area contributed by atoms with Crippen LogP contribution in [0, 0.1) is 0 Å². The molecule has 1 aliphatic rings. The number of hydrogen-bond donors (Lipinski definition) is 1. The highest BCUT2D eigenvalue weighted by atomic mass is 32.1. The molecular formula is C18H23N3O2S. The van der Waals surface area contributed by atoms with Crippen molar-refractivity contribution in [1.29, 1.82) is 0 Å². The minimum atomic E-state index is -0.205. The van der Waals surface area contributed by atoms with Crippen molar-refractivity contribution >= 4 is 22.4 Å². The van der Waals surface area contributed by atoms with Crippen LogP contribution < -0.4 is 10.1 Å². The van der Waals surface area contributed by atoms with Crippen LogP contribution in [0.1, 0.15) is 55.5 Å². The van der Waals surface area contributed by atoms with E-state index < -0.39 is 0 Å². The molecule has 1 aromatic carbocycles. The summed E-state index contributed by atoms with van der Waals surface area (Å²) < 4.78 is 5.55. The Hall–Kier alpha value is -1.95. The summed E-state index contributed by atoms with van der Waals surface area (Å²) in [5.41, 5.74) is 1.19. The summed E-state index contributed by atoms with van der Waals surface area (Å²) in [5.74, 6) is 1.02. The highest BCUT2D eigenvalue weighted by molar-refractivity contribution is 7.15. The maximum Gasteiger partial charge on any atom is 0.264 e. The molecule has 1 N–H and O–H groups in total. The van der Waals surface area contributed by atoms with E-state index in [-0.39, 0.29) is 12.5 Å². The predicted octanol–water partition coefficient (Wildman–Crippen LogP) is 4.17. The summed E-state index contributed by atoms with van der Waals surface area (Å²) >= 11 is 1.49. The van der Waals surface area contributed by atoms with Crippen LogP contribution in [0.25, 0.3) is 0 Å². The van der Waals surface area contributed by atoms with E-state index in [1.807, 2.05) is 24.3 Å². The monoisotopic (exact) mass is 345 g/mol. The summed E-state index contributed by atoms with van der Waals surface area (Å²) in [6, 6.07) is 7.80. The largest absolute Gasteiger partial charge is 0.484 e. The van der Waals surface area contributed by atoms with Gasteiger partial charge in [0.15, 0.2) is 6.61 Å². The fourth-order valence-corrected chi connectivity index (χ4v) is 3.89. The molecule has 1 aliphatic carbocycles. The topological polar surface area (TPSA) is 64.1 Å². The van der Waals surface area contributed by atoms with Crippen LogP contribution >= 0.6 is 11.3 Å². The molecule has 5 nitrogen and oxygen atoms in total. The van der Waals surface area contributed by atoms with Crippen LogP contribution in [0.2, 0.25) is 0 Å². The quantitative estimate of drug-likeness (QED) is 0.853. The average Bonchev–Trinajstić information content (AvgIpc) is 3.09. The third-order valence-electron chi connectivity index (χ3n) is 4.32. The molecule has 128 valence electrons. The number of rotatable bonds is 6. The number of ether oxygens (including phenoxy) is 1. The van der Waals surface area contributed by atoms with Gasteiger partial charge in [-0.2, -0.15) is 0 Å². The molecule has 0 atom stereocenters. The number of hydrogen-bond acceptors (Lipinski definition) is 5. The zero-order valence-electron chi connectivity index (χ0n) is 14.0. The zero-order chi connectivity index (χ0) is 16.8. The first-order valence-corrected chi connectivity index (χ1v) is 9.41. The van der Waals surface area contributed by atoms with Crippen molar-refractivity contribution in [2.24, 2.45) is 0 Å². The van der Waals surface area contributed by atoms with Gasteiger partial charge in [0, 0.05) is 5.92 Å². The molecule has 0 bridgehead atoms. The van der Waals surface area contributed by atoms with Crippen LogP contribution in [0.15, 0.2) is 24.3 Å². The Kier molecular flexibility index (Phi) is 5.80. The zero-order valence-corrected chi connectivity index (χ0v) is 14.8. The van der Waals surface area contributed by atoms with Gasteiger partial charge in [0.1, 0.15) is 10.8 Å². The molecule has 1 amide bonds. The molecule has 2 aromatic rings. The first kappa shape index (κ1) is 16.9. The van der Waals surface area contributed by atoms with Gasteiger partial charge in [0.05, 0.1) is 0 Å². The number of nitrogens with zero attached hydrogens (tertiary/aromatic N) is 2. The highest BCUT2D eigenvalue weighted by Crippen LogP contribution is 2.35. The number of aromatic nitrogens is 2. The Labute approximate surface area is 146 Å². The standard InChI is InChI=1S/C18H23N3O2S/c1-2-13-7-6-10-15(11-13)23-12-16(22)19-18-21-20-17(24-18)14-8-4-3-5-9-14/h6-7,10-11,14H,2-5,8-9,12H2,1H3,(H,19,21,22). The van der Waals surface area contributed by atoms with Crippen LogP contribution in [0.5, 0.6) is 5.75 Å². The van der Waals surface area contributed by atoms with E-state index in [2.05, 4.69) is 22.4 Å². The molecule has 0 radical (unpaired) electrons. The Morgan fingerprint density at radius 1 is 1.29 bits per heavy atom. The molecule has 1 saturated carbocycles. The van der Waals surface area contributed by atoms with Crippen molar-refractivity contribution < 1.29 is 9.53 Å². The Morgan fingerprint density at radius 2 is 2.12 bits per heavy atom. The van der Waals surface area contributed by atoms with E-state index in [1.54, 1.807) is 0 Å². The smallest absolute Gasteiger partial charge is 0.264 e. The number of amides is 1. The van der Waals surface area contributed by atoms with Gasteiger partial charge >= 0.3 is 0 Å². The van der Waals surface area contributed by atoms with Crippen molar-refractivity contribution in [3.05, 3.63) is 34.8 Å². The van der Waals surface area contributed by atoms with Gasteiger partial charge in [-0.25, -0.2) is 0 Å². The first-order chi connectivity index (χ1) is 11.7. The van der Waals surface area contributed by atoms with Crippen LogP contribution in [0.3, 0.4) is 0 Å². The summed E-state index contributed by atoms with van der Waals surface area (Å²) in [7, 11) is 0. The van der Waals surface area contributed by atoms with Gasteiger partial charge in [-0.05, 0) is 37.0 Å². The molecule has 1 fully saturated rings. The van der Waals surface area contributed by atoms with Crippen molar-refractivity contribution in [2.45, 2.75) is 51.4 Å². The highest BCUT2D eigenvalue weighted by Gasteiger charge is 2.20. The Bertz CT molecular complexity index is 680. The van der Waals surface area contributed by atoms with Crippen LogP contribution in [-0.2, 0) is 11.2 Å². The number of carbonyl (C=O) groups excluding carboxylic acids is 1. The summed E-state index contributed by atoms with van der Waals surface area (Å²) in [6.07, 6.45) is 7.14. The molecular weight excluding hydrogens is 322 g/mol. The molecule has 0 aliphatic heterocycles. The molecule has 1 heterocycles. The van der Waals surface area contributed by atoms with Gasteiger partial charge in [-0.1, -0.05) is 49.7 Å². The van der Waals surface area contributed by atoms with E-state index in [1.165, 1.54) is 49.0 Å². The molecule has 24 heavy (non-hydrogen) atoms. The Morgan fingerprint density at radius 3 is 2.92 bits per heavy atom. The van der Waals surface area contributed by atoms with E-state index >= 15 is 0 Å². The van der Waals surface area contributed by atoms with Gasteiger partial charge in [0.25, 0.3) is 5.91 Å². The second-order valence-corrected chi connectivity index (χ2v) is 7.13. The van der Waals surface area contributed by atoms with E-state index in [0.717, 1.165) is 11.4 Å². The molecule has 0 spiro atoms. The van der Waals surface area contributed by atoms with Crippen molar-refractivity contribution in [3.63, 3.8) is 0 Å². The maximum absolute atomic E-state index is 12.0. The maximum atomic E-state index is 12.0.